The highest BCUT2D eigenvalue weighted by Gasteiger charge is 2.09. The Morgan fingerprint density at radius 1 is 1.31 bits per heavy atom. The van der Waals surface area contributed by atoms with Crippen molar-refractivity contribution in [3.63, 3.8) is 0 Å². The molecule has 0 radical (unpaired) electrons. The van der Waals surface area contributed by atoms with Crippen LogP contribution in [0, 0.1) is 11.3 Å². The second kappa shape index (κ2) is 5.92. The average molecular weight is 216 g/mol. The molecule has 0 saturated heterocycles. The predicted molar refractivity (Wildman–Crippen MR) is 64.1 cm³/mol. The normalized spacial score (nSPS) is 9.56. The smallest absolute Gasteiger partial charge is 0.238 e. The lowest BCUT2D eigenvalue weighted by atomic mass is 10.0. The maximum Gasteiger partial charge on any atom is 0.238 e. The summed E-state index contributed by atoms with van der Waals surface area (Å²) < 4.78 is 0. The maximum atomic E-state index is 11.4. The molecule has 3 nitrogen and oxygen atoms in total. The van der Waals surface area contributed by atoms with E-state index in [4.69, 9.17) is 5.26 Å². The fraction of sp³-hybridized carbons (Fsp3) is 0.385. The van der Waals surface area contributed by atoms with Crippen LogP contribution in [0.15, 0.2) is 18.2 Å². The van der Waals surface area contributed by atoms with E-state index in [1.807, 2.05) is 24.3 Å². The van der Waals surface area contributed by atoms with Gasteiger partial charge in [0.1, 0.15) is 6.42 Å². The van der Waals surface area contributed by atoms with Crippen LogP contribution >= 0.6 is 0 Å². The van der Waals surface area contributed by atoms with Crippen LogP contribution in [-0.4, -0.2) is 5.91 Å². The van der Waals surface area contributed by atoms with Crippen molar-refractivity contribution in [3.8, 4) is 6.07 Å². The third-order valence-corrected chi connectivity index (χ3v) is 2.50. The molecule has 0 aliphatic rings. The zero-order valence-electron chi connectivity index (χ0n) is 9.71. The highest BCUT2D eigenvalue weighted by atomic mass is 16.1. The second-order valence-electron chi connectivity index (χ2n) is 3.54. The predicted octanol–water partition coefficient (Wildman–Crippen LogP) is 2.66. The summed E-state index contributed by atoms with van der Waals surface area (Å²) in [6, 6.07) is 7.85. The molecule has 0 fully saturated rings. The highest BCUT2D eigenvalue weighted by molar-refractivity contribution is 5.93. The minimum Gasteiger partial charge on any atom is -0.325 e. The molecule has 0 bridgehead atoms. The molecule has 1 aromatic rings. The Hall–Kier alpha value is -1.82. The lowest BCUT2D eigenvalue weighted by Gasteiger charge is -2.13. The first-order valence-electron chi connectivity index (χ1n) is 5.50. The summed E-state index contributed by atoms with van der Waals surface area (Å²) in [5, 5.41) is 11.3. The van der Waals surface area contributed by atoms with Gasteiger partial charge in [0.15, 0.2) is 0 Å². The quantitative estimate of drug-likeness (QED) is 0.841. The third-order valence-electron chi connectivity index (χ3n) is 2.50. The Morgan fingerprint density at radius 2 is 1.88 bits per heavy atom. The van der Waals surface area contributed by atoms with Gasteiger partial charge in [-0.05, 0) is 24.0 Å². The van der Waals surface area contributed by atoms with Gasteiger partial charge in [0.05, 0.1) is 6.07 Å². The zero-order chi connectivity index (χ0) is 12.0. The summed E-state index contributed by atoms with van der Waals surface area (Å²) in [7, 11) is 0. The number of anilines is 1. The SMILES string of the molecule is CCc1cccc(CC)c1NC(=O)CC#N. The van der Waals surface area contributed by atoms with Gasteiger partial charge in [-0.2, -0.15) is 5.26 Å². The molecule has 1 amide bonds. The molecule has 84 valence electrons. The Kier molecular flexibility index (Phi) is 4.53. The molecule has 0 unspecified atom stereocenters. The lowest BCUT2D eigenvalue weighted by Crippen LogP contribution is -2.13. The Morgan fingerprint density at radius 3 is 2.31 bits per heavy atom. The van der Waals surface area contributed by atoms with Gasteiger partial charge in [-0.15, -0.1) is 0 Å². The lowest BCUT2D eigenvalue weighted by molar-refractivity contribution is -0.115. The number of nitriles is 1. The summed E-state index contributed by atoms with van der Waals surface area (Å²) in [5.74, 6) is -0.238. The summed E-state index contributed by atoms with van der Waals surface area (Å²) in [4.78, 5) is 11.4. The van der Waals surface area contributed by atoms with Crippen LogP contribution in [0.5, 0.6) is 0 Å². The Balaban J connectivity index is 3.00. The molecule has 0 aromatic heterocycles. The number of benzene rings is 1. The Bertz CT molecular complexity index is 396. The molecular formula is C13H16N2O. The number of nitrogens with one attached hydrogen (secondary N) is 1. The van der Waals surface area contributed by atoms with E-state index in [2.05, 4.69) is 19.2 Å². The van der Waals surface area contributed by atoms with Crippen LogP contribution < -0.4 is 5.32 Å². The number of rotatable bonds is 4. The van der Waals surface area contributed by atoms with Gasteiger partial charge in [0.2, 0.25) is 5.91 Å². The van der Waals surface area contributed by atoms with E-state index >= 15 is 0 Å². The van der Waals surface area contributed by atoms with E-state index in [-0.39, 0.29) is 12.3 Å². The topological polar surface area (TPSA) is 52.9 Å². The van der Waals surface area contributed by atoms with Crippen molar-refractivity contribution in [3.05, 3.63) is 29.3 Å². The van der Waals surface area contributed by atoms with Crippen molar-refractivity contribution >= 4 is 11.6 Å². The molecule has 0 heterocycles. The standard InChI is InChI=1S/C13H16N2O/c1-3-10-6-5-7-11(4-2)13(10)15-12(16)8-9-14/h5-7H,3-4,8H2,1-2H3,(H,15,16). The number of nitrogens with zero attached hydrogens (tertiary/aromatic N) is 1. The number of carbonyl (C=O) groups excluding carboxylic acids is 1. The van der Waals surface area contributed by atoms with Crippen molar-refractivity contribution in [2.75, 3.05) is 5.32 Å². The summed E-state index contributed by atoms with van der Waals surface area (Å²) in [5.41, 5.74) is 3.11. The largest absolute Gasteiger partial charge is 0.325 e. The van der Waals surface area contributed by atoms with E-state index in [0.29, 0.717) is 0 Å². The molecule has 3 heteroatoms. The summed E-state index contributed by atoms with van der Waals surface area (Å²) in [6.07, 6.45) is 1.65. The van der Waals surface area contributed by atoms with E-state index in [9.17, 15) is 4.79 Å². The van der Waals surface area contributed by atoms with Crippen LogP contribution in [-0.2, 0) is 17.6 Å². The van der Waals surface area contributed by atoms with Gasteiger partial charge in [0, 0.05) is 5.69 Å². The van der Waals surface area contributed by atoms with Crippen LogP contribution in [0.1, 0.15) is 31.4 Å². The maximum absolute atomic E-state index is 11.4. The first kappa shape index (κ1) is 12.3. The fourth-order valence-corrected chi connectivity index (χ4v) is 1.66. The molecule has 1 N–H and O–H groups in total. The Labute approximate surface area is 96.1 Å². The first-order chi connectivity index (χ1) is 7.72. The van der Waals surface area contributed by atoms with E-state index < -0.39 is 0 Å². The number of aryl methyl sites for hydroxylation is 2. The van der Waals surface area contributed by atoms with Crippen molar-refractivity contribution in [2.45, 2.75) is 33.1 Å². The summed E-state index contributed by atoms with van der Waals surface area (Å²) >= 11 is 0. The van der Waals surface area contributed by atoms with Gasteiger partial charge in [0.25, 0.3) is 0 Å². The number of carbonyl (C=O) groups is 1. The number of para-hydroxylation sites is 1. The molecule has 0 saturated carbocycles. The van der Waals surface area contributed by atoms with Gasteiger partial charge < -0.3 is 5.32 Å². The minimum absolute atomic E-state index is 0.0960. The molecule has 1 aromatic carbocycles. The molecule has 0 spiro atoms. The highest BCUT2D eigenvalue weighted by Crippen LogP contribution is 2.22. The van der Waals surface area contributed by atoms with Crippen LogP contribution in [0.4, 0.5) is 5.69 Å². The fourth-order valence-electron chi connectivity index (χ4n) is 1.66. The third kappa shape index (κ3) is 2.83. The minimum atomic E-state index is -0.238. The average Bonchev–Trinajstić information content (AvgIpc) is 2.29. The molecule has 0 atom stereocenters. The monoisotopic (exact) mass is 216 g/mol. The van der Waals surface area contributed by atoms with E-state index in [0.717, 1.165) is 29.7 Å². The number of hydrogen-bond donors (Lipinski definition) is 1. The number of hydrogen-bond acceptors (Lipinski definition) is 2. The van der Waals surface area contributed by atoms with Crippen molar-refractivity contribution < 1.29 is 4.79 Å². The molecular weight excluding hydrogens is 200 g/mol. The number of amides is 1. The summed E-state index contributed by atoms with van der Waals surface area (Å²) in [6.45, 7) is 4.10. The zero-order valence-corrected chi connectivity index (χ0v) is 9.71. The molecule has 16 heavy (non-hydrogen) atoms. The van der Waals surface area contributed by atoms with Crippen LogP contribution in [0.3, 0.4) is 0 Å². The second-order valence-corrected chi connectivity index (χ2v) is 3.54. The first-order valence-corrected chi connectivity index (χ1v) is 5.50. The van der Waals surface area contributed by atoms with E-state index in [1.54, 1.807) is 0 Å². The van der Waals surface area contributed by atoms with Gasteiger partial charge >= 0.3 is 0 Å². The van der Waals surface area contributed by atoms with Crippen molar-refractivity contribution in [1.82, 2.24) is 0 Å². The van der Waals surface area contributed by atoms with Gasteiger partial charge in [-0.1, -0.05) is 32.0 Å². The molecule has 1 rings (SSSR count). The van der Waals surface area contributed by atoms with Crippen molar-refractivity contribution in [1.29, 1.82) is 5.26 Å². The van der Waals surface area contributed by atoms with E-state index in [1.165, 1.54) is 0 Å². The van der Waals surface area contributed by atoms with Crippen LogP contribution in [0.2, 0.25) is 0 Å². The van der Waals surface area contributed by atoms with Gasteiger partial charge in [-0.25, -0.2) is 0 Å². The molecule has 0 aliphatic heterocycles. The van der Waals surface area contributed by atoms with Crippen molar-refractivity contribution in [2.24, 2.45) is 0 Å². The molecule has 0 aliphatic carbocycles. The van der Waals surface area contributed by atoms with Gasteiger partial charge in [-0.3, -0.25) is 4.79 Å². The van der Waals surface area contributed by atoms with Crippen LogP contribution in [0.25, 0.3) is 0 Å².